The molecule has 1 atom stereocenters. The maximum atomic E-state index is 12.6. The van der Waals surface area contributed by atoms with Gasteiger partial charge in [-0.05, 0) is 74.3 Å². The third-order valence-corrected chi connectivity index (χ3v) is 6.36. The summed E-state index contributed by atoms with van der Waals surface area (Å²) < 4.78 is 5.27. The van der Waals surface area contributed by atoms with Crippen LogP contribution in [0.3, 0.4) is 0 Å². The fourth-order valence-electron chi connectivity index (χ4n) is 3.86. The summed E-state index contributed by atoms with van der Waals surface area (Å²) >= 11 is 1.66. The zero-order valence-corrected chi connectivity index (χ0v) is 15.8. The lowest BCUT2D eigenvalue weighted by Crippen LogP contribution is -2.57. The number of ether oxygens (including phenoxy) is 1. The number of hydrogen-bond acceptors (Lipinski definition) is 4. The minimum absolute atomic E-state index is 0.0432. The van der Waals surface area contributed by atoms with E-state index in [4.69, 9.17) is 4.74 Å². The van der Waals surface area contributed by atoms with E-state index in [-0.39, 0.29) is 5.91 Å². The van der Waals surface area contributed by atoms with Crippen molar-refractivity contribution in [3.63, 3.8) is 0 Å². The Morgan fingerprint density at radius 3 is 2.54 bits per heavy atom. The van der Waals surface area contributed by atoms with Crippen molar-refractivity contribution in [3.05, 3.63) is 54.1 Å². The van der Waals surface area contributed by atoms with Crippen LogP contribution in [0.2, 0.25) is 0 Å². The fourth-order valence-corrected chi connectivity index (χ4v) is 4.72. The van der Waals surface area contributed by atoms with Crippen LogP contribution in [0.25, 0.3) is 0 Å². The Labute approximate surface area is 158 Å². The Kier molecular flexibility index (Phi) is 5.18. The largest absolute Gasteiger partial charge is 0.497 e. The number of carbonyl (C=O) groups excluding carboxylic acids is 1. The second-order valence-corrected chi connectivity index (χ2v) is 8.17. The summed E-state index contributed by atoms with van der Waals surface area (Å²) in [5.74, 6) is 1.54. The summed E-state index contributed by atoms with van der Waals surface area (Å²) in [6, 6.07) is 16.1. The van der Waals surface area contributed by atoms with Crippen LogP contribution >= 0.6 is 11.8 Å². The van der Waals surface area contributed by atoms with Gasteiger partial charge in [0.05, 0.1) is 7.11 Å². The van der Waals surface area contributed by atoms with Crippen LogP contribution in [0.15, 0.2) is 58.3 Å². The average molecular weight is 369 g/mol. The predicted molar refractivity (Wildman–Crippen MR) is 104 cm³/mol. The number of amides is 1. The van der Waals surface area contributed by atoms with Crippen LogP contribution in [0.1, 0.15) is 23.2 Å². The van der Waals surface area contributed by atoms with Gasteiger partial charge in [-0.15, -0.1) is 0 Å². The van der Waals surface area contributed by atoms with Gasteiger partial charge in [0.1, 0.15) is 5.75 Å². The molecule has 2 bridgehead atoms. The summed E-state index contributed by atoms with van der Waals surface area (Å²) in [6.07, 6.45) is 2.42. The summed E-state index contributed by atoms with van der Waals surface area (Å²) in [4.78, 5) is 17.3. The van der Waals surface area contributed by atoms with E-state index in [9.17, 15) is 4.79 Å². The molecule has 2 aromatic rings. The van der Waals surface area contributed by atoms with E-state index >= 15 is 0 Å². The van der Waals surface area contributed by atoms with E-state index in [1.165, 1.54) is 25.9 Å². The monoisotopic (exact) mass is 368 g/mol. The summed E-state index contributed by atoms with van der Waals surface area (Å²) in [6.45, 7) is 3.38. The predicted octanol–water partition coefficient (Wildman–Crippen LogP) is 3.67. The van der Waals surface area contributed by atoms with Crippen molar-refractivity contribution >= 4 is 17.7 Å². The van der Waals surface area contributed by atoms with Crippen LogP contribution in [-0.4, -0.2) is 43.6 Å². The molecule has 3 aliphatic heterocycles. The lowest BCUT2D eigenvalue weighted by atomic mass is 9.84. The molecular weight excluding hydrogens is 344 g/mol. The zero-order valence-electron chi connectivity index (χ0n) is 15.0. The molecule has 3 aliphatic rings. The minimum Gasteiger partial charge on any atom is -0.497 e. The number of benzene rings is 2. The smallest absolute Gasteiger partial charge is 0.251 e. The minimum atomic E-state index is 0.0432. The van der Waals surface area contributed by atoms with Gasteiger partial charge < -0.3 is 15.0 Å². The highest BCUT2D eigenvalue weighted by Gasteiger charge is 2.34. The van der Waals surface area contributed by atoms with E-state index in [0.29, 0.717) is 12.0 Å². The van der Waals surface area contributed by atoms with Crippen molar-refractivity contribution in [2.45, 2.75) is 28.7 Å². The second kappa shape index (κ2) is 7.72. The summed E-state index contributed by atoms with van der Waals surface area (Å²) in [7, 11) is 1.67. The summed E-state index contributed by atoms with van der Waals surface area (Å²) in [5.41, 5.74) is 0.733. The van der Waals surface area contributed by atoms with Crippen LogP contribution in [-0.2, 0) is 0 Å². The topological polar surface area (TPSA) is 41.6 Å². The number of hydrogen-bond donors (Lipinski definition) is 1. The first-order chi connectivity index (χ1) is 12.7. The molecule has 4 nitrogen and oxygen atoms in total. The number of nitrogens with one attached hydrogen (secondary N) is 1. The molecular formula is C21H24N2O2S. The fraction of sp³-hybridized carbons (Fsp3) is 0.381. The molecule has 1 amide bonds. The zero-order chi connectivity index (χ0) is 17.9. The number of carbonyl (C=O) groups is 1. The molecule has 2 aromatic carbocycles. The lowest BCUT2D eigenvalue weighted by molar-refractivity contribution is 0.0620. The molecule has 1 N–H and O–H groups in total. The Morgan fingerprint density at radius 1 is 1.12 bits per heavy atom. The van der Waals surface area contributed by atoms with Crippen molar-refractivity contribution in [1.29, 1.82) is 0 Å². The van der Waals surface area contributed by atoms with Gasteiger partial charge in [-0.2, -0.15) is 0 Å². The molecule has 26 heavy (non-hydrogen) atoms. The van der Waals surface area contributed by atoms with Gasteiger partial charge in [0.25, 0.3) is 5.91 Å². The van der Waals surface area contributed by atoms with Gasteiger partial charge >= 0.3 is 0 Å². The van der Waals surface area contributed by atoms with Crippen LogP contribution in [0.4, 0.5) is 0 Å². The third kappa shape index (κ3) is 3.89. The average Bonchev–Trinajstić information content (AvgIpc) is 2.69. The Hall–Kier alpha value is -1.98. The van der Waals surface area contributed by atoms with Crippen molar-refractivity contribution in [1.82, 2.24) is 10.2 Å². The first-order valence-electron chi connectivity index (χ1n) is 9.16. The Morgan fingerprint density at radius 2 is 1.88 bits per heavy atom. The number of rotatable bonds is 5. The quantitative estimate of drug-likeness (QED) is 0.874. The van der Waals surface area contributed by atoms with Gasteiger partial charge in [-0.25, -0.2) is 0 Å². The summed E-state index contributed by atoms with van der Waals surface area (Å²) in [5, 5.41) is 3.25. The van der Waals surface area contributed by atoms with Gasteiger partial charge in [0, 0.05) is 27.9 Å². The van der Waals surface area contributed by atoms with Crippen molar-refractivity contribution < 1.29 is 9.53 Å². The maximum absolute atomic E-state index is 12.6. The molecule has 0 spiro atoms. The normalized spacial score (nSPS) is 24.3. The van der Waals surface area contributed by atoms with Crippen molar-refractivity contribution in [2.24, 2.45) is 5.92 Å². The lowest BCUT2D eigenvalue weighted by Gasteiger charge is -2.44. The van der Waals surface area contributed by atoms with Gasteiger partial charge in [0.2, 0.25) is 0 Å². The molecule has 3 heterocycles. The molecule has 1 unspecified atom stereocenters. The maximum Gasteiger partial charge on any atom is 0.251 e. The highest BCUT2D eigenvalue weighted by molar-refractivity contribution is 7.99. The third-order valence-electron chi connectivity index (χ3n) is 5.37. The number of piperidine rings is 3. The first kappa shape index (κ1) is 17.4. The Bertz CT molecular complexity index is 770. The van der Waals surface area contributed by atoms with E-state index in [0.717, 1.165) is 27.6 Å². The molecule has 136 valence electrons. The molecule has 0 aromatic heterocycles. The second-order valence-electron chi connectivity index (χ2n) is 7.02. The van der Waals surface area contributed by atoms with Crippen molar-refractivity contribution in [2.75, 3.05) is 26.7 Å². The van der Waals surface area contributed by atoms with E-state index in [2.05, 4.69) is 16.3 Å². The van der Waals surface area contributed by atoms with Crippen molar-refractivity contribution in [3.8, 4) is 5.75 Å². The molecule has 3 fully saturated rings. The number of fused-ring (bicyclic) bond motifs is 3. The molecule has 0 saturated carbocycles. The van der Waals surface area contributed by atoms with Gasteiger partial charge in [0.15, 0.2) is 0 Å². The highest BCUT2D eigenvalue weighted by atomic mass is 32.2. The van der Waals surface area contributed by atoms with Crippen LogP contribution in [0, 0.1) is 5.92 Å². The van der Waals surface area contributed by atoms with Crippen LogP contribution < -0.4 is 10.1 Å². The number of methoxy groups -OCH3 is 1. The Balaban J connectivity index is 1.38. The van der Waals surface area contributed by atoms with Gasteiger partial charge in [-0.3, -0.25) is 4.79 Å². The van der Waals surface area contributed by atoms with E-state index < -0.39 is 0 Å². The molecule has 3 saturated heterocycles. The van der Waals surface area contributed by atoms with Crippen LogP contribution in [0.5, 0.6) is 5.75 Å². The van der Waals surface area contributed by atoms with E-state index in [1.807, 2.05) is 42.5 Å². The molecule has 5 rings (SSSR count). The highest BCUT2D eigenvalue weighted by Crippen LogP contribution is 2.30. The standard InChI is InChI=1S/C21H24N2O2S/c1-25-17-3-2-4-19(13-17)26-18-7-5-16(6-8-18)21(24)22-20-14-23-11-9-15(20)10-12-23/h2-8,13,15,20H,9-12,14H2,1H3,(H,22,24). The molecule has 0 radical (unpaired) electrons. The SMILES string of the molecule is COc1cccc(Sc2ccc(C(=O)NC3CN4CCC3CC4)cc2)c1. The number of nitrogens with zero attached hydrogens (tertiary/aromatic N) is 1. The van der Waals surface area contributed by atoms with E-state index in [1.54, 1.807) is 18.9 Å². The molecule has 5 heteroatoms. The van der Waals surface area contributed by atoms with Gasteiger partial charge in [-0.1, -0.05) is 17.8 Å². The first-order valence-corrected chi connectivity index (χ1v) is 9.98. The molecule has 0 aliphatic carbocycles.